The van der Waals surface area contributed by atoms with E-state index >= 15 is 0 Å². The van der Waals surface area contributed by atoms with E-state index in [1.807, 2.05) is 45.0 Å². The molecule has 0 spiro atoms. The van der Waals surface area contributed by atoms with Crippen LogP contribution in [0, 0.1) is 0 Å². The Kier molecular flexibility index (Phi) is 6.15. The van der Waals surface area contributed by atoms with Gasteiger partial charge in [0.05, 0.1) is 0 Å². The van der Waals surface area contributed by atoms with E-state index in [1.54, 1.807) is 0 Å². The van der Waals surface area contributed by atoms with Crippen LogP contribution in [0.5, 0.6) is 0 Å². The van der Waals surface area contributed by atoms with E-state index in [9.17, 15) is 0 Å². The second-order valence-electron chi connectivity index (χ2n) is 3.36. The van der Waals surface area contributed by atoms with Crippen LogP contribution in [0.15, 0.2) is 24.3 Å². The summed E-state index contributed by atoms with van der Waals surface area (Å²) in [7, 11) is -2.75. The number of hydrogen-bond donors (Lipinski definition) is 0. The van der Waals surface area contributed by atoms with Gasteiger partial charge in [-0.15, -0.1) is 0 Å². The van der Waals surface area contributed by atoms with Crippen molar-refractivity contribution in [1.29, 1.82) is 0 Å². The first-order chi connectivity index (χ1) is 8.18. The highest BCUT2D eigenvalue weighted by atomic mass is 35.5. The molecule has 0 atom stereocenters. The number of hydrogen-bond acceptors (Lipinski definition) is 3. The molecule has 96 valence electrons. The molecule has 0 saturated carbocycles. The molecule has 3 nitrogen and oxygen atoms in total. The van der Waals surface area contributed by atoms with Crippen LogP contribution < -0.4 is 5.19 Å². The molecule has 0 bridgehead atoms. The van der Waals surface area contributed by atoms with Crippen molar-refractivity contribution in [2.45, 2.75) is 20.8 Å². The molecule has 1 rings (SSSR count). The zero-order chi connectivity index (χ0) is 12.7. The highest BCUT2D eigenvalue weighted by Gasteiger charge is 2.42. The zero-order valence-electron chi connectivity index (χ0n) is 10.5. The van der Waals surface area contributed by atoms with Gasteiger partial charge in [0, 0.05) is 30.0 Å². The van der Waals surface area contributed by atoms with E-state index < -0.39 is 8.80 Å². The molecule has 17 heavy (non-hydrogen) atoms. The van der Waals surface area contributed by atoms with E-state index in [-0.39, 0.29) is 0 Å². The lowest BCUT2D eigenvalue weighted by atomic mass is 10.4. The molecule has 0 aliphatic rings. The van der Waals surface area contributed by atoms with E-state index in [4.69, 9.17) is 24.9 Å². The molecule has 0 aliphatic carbocycles. The molecule has 0 fully saturated rings. The van der Waals surface area contributed by atoms with Gasteiger partial charge in [0.15, 0.2) is 0 Å². The van der Waals surface area contributed by atoms with E-state index in [1.165, 1.54) is 0 Å². The molecular formula is C12H19ClO3Si. The zero-order valence-corrected chi connectivity index (χ0v) is 12.3. The fourth-order valence-electron chi connectivity index (χ4n) is 1.60. The standard InChI is InChI=1S/C12H19ClO3Si/c1-4-14-17(15-5-2,16-6-3)12-9-7-11(13)8-10-12/h7-10H,4-6H2,1-3H3. The molecule has 0 aliphatic heterocycles. The van der Waals surface area contributed by atoms with E-state index in [2.05, 4.69) is 0 Å². The fourth-order valence-corrected chi connectivity index (χ4v) is 4.19. The largest absolute Gasteiger partial charge is 0.537 e. The van der Waals surface area contributed by atoms with Crippen molar-refractivity contribution in [2.75, 3.05) is 19.8 Å². The Bertz CT molecular complexity index is 312. The van der Waals surface area contributed by atoms with Gasteiger partial charge in [-0.1, -0.05) is 23.7 Å². The van der Waals surface area contributed by atoms with Gasteiger partial charge in [-0.2, -0.15) is 0 Å². The van der Waals surface area contributed by atoms with Gasteiger partial charge < -0.3 is 13.3 Å². The van der Waals surface area contributed by atoms with Crippen LogP contribution in [0.25, 0.3) is 0 Å². The van der Waals surface area contributed by atoms with Gasteiger partial charge in [0.2, 0.25) is 0 Å². The third kappa shape index (κ3) is 3.79. The first kappa shape index (κ1) is 14.7. The van der Waals surface area contributed by atoms with Gasteiger partial charge in [-0.05, 0) is 32.9 Å². The maximum absolute atomic E-state index is 5.89. The summed E-state index contributed by atoms with van der Waals surface area (Å²) in [5.41, 5.74) is 0. The Morgan fingerprint density at radius 2 is 1.29 bits per heavy atom. The van der Waals surface area contributed by atoms with Crippen molar-refractivity contribution in [3.8, 4) is 0 Å². The van der Waals surface area contributed by atoms with Crippen LogP contribution in [0.4, 0.5) is 0 Å². The molecular weight excluding hydrogens is 256 g/mol. The van der Waals surface area contributed by atoms with Crippen LogP contribution in [0.2, 0.25) is 5.02 Å². The monoisotopic (exact) mass is 274 g/mol. The maximum Gasteiger partial charge on any atom is 0.537 e. The van der Waals surface area contributed by atoms with Crippen molar-refractivity contribution in [3.63, 3.8) is 0 Å². The summed E-state index contributed by atoms with van der Waals surface area (Å²) in [5, 5.41) is 1.65. The van der Waals surface area contributed by atoms with E-state index in [0.717, 1.165) is 5.19 Å². The molecule has 0 heterocycles. The Morgan fingerprint density at radius 3 is 1.65 bits per heavy atom. The summed E-state index contributed by atoms with van der Waals surface area (Å²) in [6, 6.07) is 7.48. The predicted octanol–water partition coefficient (Wildman–Crippen LogP) is 2.60. The van der Waals surface area contributed by atoms with Crippen LogP contribution in [-0.4, -0.2) is 28.6 Å². The summed E-state index contributed by atoms with van der Waals surface area (Å²) >= 11 is 5.89. The molecule has 0 radical (unpaired) electrons. The van der Waals surface area contributed by atoms with Gasteiger partial charge in [0.25, 0.3) is 0 Å². The molecule has 0 aromatic heterocycles. The average Bonchev–Trinajstić information content (AvgIpc) is 2.30. The lowest BCUT2D eigenvalue weighted by Gasteiger charge is -2.28. The highest BCUT2D eigenvalue weighted by molar-refractivity contribution is 6.75. The molecule has 5 heteroatoms. The van der Waals surface area contributed by atoms with Crippen molar-refractivity contribution >= 4 is 25.6 Å². The lowest BCUT2D eigenvalue weighted by molar-refractivity contribution is 0.0859. The fraction of sp³-hybridized carbons (Fsp3) is 0.500. The molecule has 0 saturated heterocycles. The highest BCUT2D eigenvalue weighted by Crippen LogP contribution is 2.13. The van der Waals surface area contributed by atoms with Crippen molar-refractivity contribution in [1.82, 2.24) is 0 Å². The molecule has 0 N–H and O–H groups in total. The second-order valence-corrected chi connectivity index (χ2v) is 6.35. The van der Waals surface area contributed by atoms with Crippen molar-refractivity contribution in [2.24, 2.45) is 0 Å². The number of halogens is 1. The topological polar surface area (TPSA) is 27.7 Å². The maximum atomic E-state index is 5.89. The first-order valence-electron chi connectivity index (χ1n) is 5.86. The SMILES string of the molecule is CCO[Si](OCC)(OCC)c1ccc(Cl)cc1. The second kappa shape index (κ2) is 7.13. The minimum atomic E-state index is -2.75. The van der Waals surface area contributed by atoms with Gasteiger partial charge in [-0.25, -0.2) is 0 Å². The summed E-state index contributed by atoms with van der Waals surface area (Å²) in [6.45, 7) is 7.51. The Labute approximate surface area is 109 Å². The quantitative estimate of drug-likeness (QED) is 0.716. The Hall–Kier alpha value is -0.393. The van der Waals surface area contributed by atoms with Crippen LogP contribution in [0.3, 0.4) is 0 Å². The van der Waals surface area contributed by atoms with E-state index in [0.29, 0.717) is 24.8 Å². The van der Waals surface area contributed by atoms with Crippen LogP contribution in [0.1, 0.15) is 20.8 Å². The molecule has 1 aromatic rings. The van der Waals surface area contributed by atoms with Crippen LogP contribution in [-0.2, 0) is 13.3 Å². The van der Waals surface area contributed by atoms with Crippen molar-refractivity contribution in [3.05, 3.63) is 29.3 Å². The third-order valence-electron chi connectivity index (χ3n) is 2.20. The number of rotatable bonds is 7. The molecule has 0 unspecified atom stereocenters. The smallest absolute Gasteiger partial charge is 0.370 e. The summed E-state index contributed by atoms with van der Waals surface area (Å²) in [4.78, 5) is 0. The predicted molar refractivity (Wildman–Crippen MR) is 71.7 cm³/mol. The third-order valence-corrected chi connectivity index (χ3v) is 5.50. The lowest BCUT2D eigenvalue weighted by Crippen LogP contribution is -2.56. The minimum absolute atomic E-state index is 0.564. The van der Waals surface area contributed by atoms with Gasteiger partial charge >= 0.3 is 8.80 Å². The van der Waals surface area contributed by atoms with Crippen molar-refractivity contribution < 1.29 is 13.3 Å². The van der Waals surface area contributed by atoms with Gasteiger partial charge in [0.1, 0.15) is 0 Å². The van der Waals surface area contributed by atoms with Gasteiger partial charge in [-0.3, -0.25) is 0 Å². The van der Waals surface area contributed by atoms with Crippen LogP contribution >= 0.6 is 11.6 Å². The normalized spacial score (nSPS) is 11.8. The first-order valence-corrected chi connectivity index (χ1v) is 7.96. The summed E-state index contributed by atoms with van der Waals surface area (Å²) in [5.74, 6) is 0. The molecule has 1 aromatic carbocycles. The summed E-state index contributed by atoms with van der Waals surface area (Å²) < 4.78 is 17.4. The molecule has 0 amide bonds. The Morgan fingerprint density at radius 1 is 0.882 bits per heavy atom. The Balaban J connectivity index is 3.04. The summed E-state index contributed by atoms with van der Waals surface area (Å²) in [6.07, 6.45) is 0. The minimum Gasteiger partial charge on any atom is -0.370 e. The average molecular weight is 275 g/mol. The number of benzene rings is 1.